The quantitative estimate of drug-likeness (QED) is 0.399. The summed E-state index contributed by atoms with van der Waals surface area (Å²) in [6.07, 6.45) is 8.71. The molecule has 0 aliphatic carbocycles. The van der Waals surface area contributed by atoms with Gasteiger partial charge in [0.2, 0.25) is 5.91 Å². The number of allylic oxidation sites excluding steroid dienone is 5. The number of amides is 1. The molecule has 1 aromatic heterocycles. The lowest BCUT2D eigenvalue weighted by atomic mass is 9.88. The Labute approximate surface area is 212 Å². The van der Waals surface area contributed by atoms with Gasteiger partial charge in [0.1, 0.15) is 0 Å². The minimum absolute atomic E-state index is 0.241. The second-order valence-corrected chi connectivity index (χ2v) is 10.7. The first-order chi connectivity index (χ1) is 16.6. The van der Waals surface area contributed by atoms with Crippen LogP contribution in [0, 0.1) is 5.92 Å². The summed E-state index contributed by atoms with van der Waals surface area (Å²) in [5.41, 5.74) is 8.87. The normalized spacial score (nSPS) is 16.9. The molecule has 1 aliphatic rings. The van der Waals surface area contributed by atoms with Gasteiger partial charge in [0, 0.05) is 29.7 Å². The highest BCUT2D eigenvalue weighted by molar-refractivity contribution is 5.92. The number of aromatic amines is 1. The molecule has 0 spiro atoms. The summed E-state index contributed by atoms with van der Waals surface area (Å²) in [6.45, 7) is 17.4. The Bertz CT molecular complexity index is 1110. The van der Waals surface area contributed by atoms with E-state index in [0.29, 0.717) is 18.4 Å². The molecule has 35 heavy (non-hydrogen) atoms. The third kappa shape index (κ3) is 6.55. The summed E-state index contributed by atoms with van der Waals surface area (Å²) in [5, 5.41) is 1.33. The zero-order chi connectivity index (χ0) is 25.7. The first-order valence-electron chi connectivity index (χ1n) is 13.3. The molecule has 0 bridgehead atoms. The first-order valence-corrected chi connectivity index (χ1v) is 13.3. The third-order valence-corrected chi connectivity index (χ3v) is 7.52. The monoisotopic (exact) mass is 475 g/mol. The number of fused-ring (bicyclic) bond motifs is 1. The second kappa shape index (κ2) is 11.9. The van der Waals surface area contributed by atoms with Gasteiger partial charge in [-0.2, -0.15) is 0 Å². The van der Waals surface area contributed by atoms with Gasteiger partial charge < -0.3 is 14.8 Å². The molecule has 190 valence electrons. The highest BCUT2D eigenvalue weighted by atomic mass is 16.2. The van der Waals surface area contributed by atoms with E-state index in [1.54, 1.807) is 0 Å². The maximum absolute atomic E-state index is 12.5. The van der Waals surface area contributed by atoms with E-state index in [-0.39, 0.29) is 5.91 Å². The molecule has 2 heterocycles. The fourth-order valence-corrected chi connectivity index (χ4v) is 5.13. The molecule has 1 fully saturated rings. The summed E-state index contributed by atoms with van der Waals surface area (Å²) in [6, 6.07) is 6.94. The number of piperidine rings is 1. The van der Waals surface area contributed by atoms with Crippen molar-refractivity contribution in [1.82, 2.24) is 14.8 Å². The fraction of sp³-hybridized carbons (Fsp3) is 0.516. The van der Waals surface area contributed by atoms with Crippen molar-refractivity contribution in [3.05, 3.63) is 64.9 Å². The summed E-state index contributed by atoms with van der Waals surface area (Å²) in [4.78, 5) is 20.2. The second-order valence-electron chi connectivity index (χ2n) is 10.7. The Hall–Kier alpha value is -2.59. The maximum atomic E-state index is 12.5. The lowest BCUT2D eigenvalue weighted by Gasteiger charge is -2.33. The maximum Gasteiger partial charge on any atom is 0.236 e. The molecule has 1 aliphatic heterocycles. The van der Waals surface area contributed by atoms with E-state index in [9.17, 15) is 4.79 Å². The smallest absolute Gasteiger partial charge is 0.236 e. The van der Waals surface area contributed by atoms with E-state index in [1.807, 2.05) is 23.9 Å². The number of rotatable bonds is 9. The predicted molar refractivity (Wildman–Crippen MR) is 151 cm³/mol. The number of carbonyl (C=O) groups excluding carboxylic acids is 1. The van der Waals surface area contributed by atoms with E-state index in [2.05, 4.69) is 76.5 Å². The van der Waals surface area contributed by atoms with Crippen LogP contribution in [0.5, 0.6) is 0 Å². The number of hydrogen-bond donors (Lipinski definition) is 1. The minimum Gasteiger partial charge on any atom is -0.354 e. The molecule has 2 aromatic rings. The van der Waals surface area contributed by atoms with Crippen molar-refractivity contribution in [3.8, 4) is 0 Å². The van der Waals surface area contributed by atoms with Crippen molar-refractivity contribution >= 4 is 22.4 Å². The summed E-state index contributed by atoms with van der Waals surface area (Å²) in [7, 11) is 3.91. The number of nitrogens with one attached hydrogen (secondary N) is 1. The number of aromatic nitrogens is 1. The highest BCUT2D eigenvalue weighted by Gasteiger charge is 2.25. The molecule has 1 aromatic carbocycles. The minimum atomic E-state index is 0.241. The van der Waals surface area contributed by atoms with E-state index in [4.69, 9.17) is 0 Å². The van der Waals surface area contributed by atoms with E-state index >= 15 is 0 Å². The zero-order valence-corrected chi connectivity index (χ0v) is 23.0. The highest BCUT2D eigenvalue weighted by Crippen LogP contribution is 2.35. The molecule has 1 unspecified atom stereocenters. The van der Waals surface area contributed by atoms with Gasteiger partial charge in [0.05, 0.1) is 6.54 Å². The largest absolute Gasteiger partial charge is 0.354 e. The molecule has 4 heteroatoms. The van der Waals surface area contributed by atoms with Crippen molar-refractivity contribution in [3.63, 3.8) is 0 Å². The first kappa shape index (κ1) is 27.0. The summed E-state index contributed by atoms with van der Waals surface area (Å²) in [5.74, 6) is 1.30. The molecule has 1 atom stereocenters. The molecule has 3 rings (SSSR count). The van der Waals surface area contributed by atoms with Crippen molar-refractivity contribution in [2.45, 2.75) is 66.2 Å². The number of likely N-dealkylation sites (tertiary alicyclic amines) is 1. The van der Waals surface area contributed by atoms with Gasteiger partial charge in [0.15, 0.2) is 0 Å². The molecular formula is C31H45N3O. The van der Waals surface area contributed by atoms with Gasteiger partial charge in [-0.15, -0.1) is 0 Å². The number of H-pyrrole nitrogens is 1. The molecule has 0 radical (unpaired) electrons. The third-order valence-electron chi connectivity index (χ3n) is 7.52. The Balaban J connectivity index is 1.92. The fourth-order valence-electron chi connectivity index (χ4n) is 5.13. The van der Waals surface area contributed by atoms with Gasteiger partial charge in [-0.05, 0) is 94.3 Å². The van der Waals surface area contributed by atoms with Gasteiger partial charge >= 0.3 is 0 Å². The van der Waals surface area contributed by atoms with Gasteiger partial charge in [-0.3, -0.25) is 4.79 Å². The van der Waals surface area contributed by atoms with Crippen molar-refractivity contribution in [2.24, 2.45) is 5.92 Å². The molecule has 1 N–H and O–H groups in total. The van der Waals surface area contributed by atoms with Crippen LogP contribution in [0.25, 0.3) is 16.5 Å². The molecule has 0 saturated carbocycles. The standard InChI is InChI=1S/C31H45N3O/c1-9-22(5)23(6)18-26(17-21(3)4)31-27(10-2)28-19-25(11-12-29(28)32-31)24-13-15-34(16-14-24)30(35)20-33(7)8/h11-12,17-19,22,24,32H,3,9-10,13-16,20H2,1-2,4-8H3/b23-18-,26-17+. The SMILES string of the molecule is C=C(C)/C=C(\C=C(\C)C(C)CC)c1[nH]c2ccc(C3CCN(C(=O)CN(C)C)CC3)cc2c1CC. The van der Waals surface area contributed by atoms with Crippen LogP contribution >= 0.6 is 0 Å². The number of nitrogens with zero attached hydrogens (tertiary/aromatic N) is 2. The molecule has 1 saturated heterocycles. The van der Waals surface area contributed by atoms with Crippen molar-refractivity contribution in [2.75, 3.05) is 33.7 Å². The molecular weight excluding hydrogens is 430 g/mol. The van der Waals surface area contributed by atoms with Crippen LogP contribution in [0.2, 0.25) is 0 Å². The van der Waals surface area contributed by atoms with Crippen LogP contribution in [-0.4, -0.2) is 54.4 Å². The molecule has 4 nitrogen and oxygen atoms in total. The van der Waals surface area contributed by atoms with E-state index in [1.165, 1.54) is 38.9 Å². The van der Waals surface area contributed by atoms with Gasteiger partial charge in [-0.1, -0.05) is 56.7 Å². The Kier molecular flexibility index (Phi) is 9.18. The number of carbonyl (C=O) groups is 1. The van der Waals surface area contributed by atoms with E-state index in [0.717, 1.165) is 44.3 Å². The Morgan fingerprint density at radius 1 is 1.20 bits per heavy atom. The van der Waals surface area contributed by atoms with E-state index < -0.39 is 0 Å². The van der Waals surface area contributed by atoms with Crippen LogP contribution in [-0.2, 0) is 11.2 Å². The van der Waals surface area contributed by atoms with Crippen LogP contribution in [0.4, 0.5) is 0 Å². The summed E-state index contributed by atoms with van der Waals surface area (Å²) >= 11 is 0. The van der Waals surface area contributed by atoms with Crippen LogP contribution < -0.4 is 0 Å². The van der Waals surface area contributed by atoms with Crippen LogP contribution in [0.1, 0.15) is 76.6 Å². The Morgan fingerprint density at radius 3 is 2.46 bits per heavy atom. The number of hydrogen-bond acceptors (Lipinski definition) is 2. The van der Waals surface area contributed by atoms with Gasteiger partial charge in [-0.25, -0.2) is 0 Å². The topological polar surface area (TPSA) is 39.3 Å². The lowest BCUT2D eigenvalue weighted by molar-refractivity contribution is -0.132. The zero-order valence-electron chi connectivity index (χ0n) is 23.0. The lowest BCUT2D eigenvalue weighted by Crippen LogP contribution is -2.42. The van der Waals surface area contributed by atoms with Crippen molar-refractivity contribution in [1.29, 1.82) is 0 Å². The number of aryl methyl sites for hydroxylation is 1. The molecule has 1 amide bonds. The summed E-state index contributed by atoms with van der Waals surface area (Å²) < 4.78 is 0. The Morgan fingerprint density at radius 2 is 1.89 bits per heavy atom. The van der Waals surface area contributed by atoms with Crippen molar-refractivity contribution < 1.29 is 4.79 Å². The average molecular weight is 476 g/mol. The predicted octanol–water partition coefficient (Wildman–Crippen LogP) is 6.95. The van der Waals surface area contributed by atoms with Crippen LogP contribution in [0.3, 0.4) is 0 Å². The number of likely N-dealkylation sites (N-methyl/N-ethyl adjacent to an activating group) is 1. The number of benzene rings is 1. The average Bonchev–Trinajstić information content (AvgIpc) is 3.20. The van der Waals surface area contributed by atoms with Crippen LogP contribution in [0.15, 0.2) is 48.1 Å². The van der Waals surface area contributed by atoms with Gasteiger partial charge in [0.25, 0.3) is 0 Å².